The van der Waals surface area contributed by atoms with Crippen LogP contribution in [0.1, 0.15) is 5.82 Å². The van der Waals surface area contributed by atoms with Crippen LogP contribution in [0, 0.1) is 6.92 Å². The van der Waals surface area contributed by atoms with E-state index in [1.807, 2.05) is 25.1 Å². The highest BCUT2D eigenvalue weighted by atomic mass is 16.5. The van der Waals surface area contributed by atoms with Crippen LogP contribution in [0.5, 0.6) is 5.75 Å². The molecule has 0 saturated carbocycles. The zero-order chi connectivity index (χ0) is 9.97. The second-order valence-corrected chi connectivity index (χ2v) is 3.11. The van der Waals surface area contributed by atoms with E-state index >= 15 is 0 Å². The van der Waals surface area contributed by atoms with Crippen LogP contribution in [-0.4, -0.2) is 23.1 Å². The van der Waals surface area contributed by atoms with Crippen LogP contribution in [0.2, 0.25) is 0 Å². The molecule has 2 aromatic rings. The monoisotopic (exact) mass is 191 g/mol. The third-order valence-electron chi connectivity index (χ3n) is 1.97. The first kappa shape index (κ1) is 9.02. The molecule has 0 unspecified atom stereocenters. The van der Waals surface area contributed by atoms with Gasteiger partial charge in [-0.25, -0.2) is 4.98 Å². The molecule has 74 valence electrons. The summed E-state index contributed by atoms with van der Waals surface area (Å²) < 4.78 is 5.47. The number of aromatic nitrogens is 2. The van der Waals surface area contributed by atoms with Gasteiger partial charge >= 0.3 is 0 Å². The van der Waals surface area contributed by atoms with Crippen molar-refractivity contribution < 1.29 is 4.74 Å². The quantitative estimate of drug-likeness (QED) is 0.766. The van der Waals surface area contributed by atoms with E-state index in [2.05, 4.69) is 9.97 Å². The predicted octanol–water partition coefficient (Wildman–Crippen LogP) is 1.21. The average Bonchev–Trinajstić information content (AvgIpc) is 2.55. The summed E-state index contributed by atoms with van der Waals surface area (Å²) >= 11 is 0. The topological polar surface area (TPSA) is 63.9 Å². The third-order valence-corrected chi connectivity index (χ3v) is 1.97. The van der Waals surface area contributed by atoms with Crippen LogP contribution >= 0.6 is 0 Å². The summed E-state index contributed by atoms with van der Waals surface area (Å²) in [4.78, 5) is 7.50. The maximum absolute atomic E-state index is 5.47. The number of para-hydroxylation sites is 1. The maximum Gasteiger partial charge on any atom is 0.147 e. The Bertz CT molecular complexity index is 436. The van der Waals surface area contributed by atoms with Crippen LogP contribution in [0.25, 0.3) is 11.0 Å². The number of hydrogen-bond donors (Lipinski definition) is 2. The zero-order valence-electron chi connectivity index (χ0n) is 8.08. The fourth-order valence-corrected chi connectivity index (χ4v) is 1.41. The number of nitrogens with zero attached hydrogens (tertiary/aromatic N) is 1. The first-order valence-electron chi connectivity index (χ1n) is 4.59. The Balaban J connectivity index is 2.42. The van der Waals surface area contributed by atoms with Gasteiger partial charge < -0.3 is 15.5 Å². The van der Waals surface area contributed by atoms with Crippen LogP contribution < -0.4 is 10.5 Å². The minimum Gasteiger partial charge on any atom is -0.490 e. The highest BCUT2D eigenvalue weighted by Gasteiger charge is 2.05. The Labute approximate surface area is 82.1 Å². The first-order chi connectivity index (χ1) is 6.81. The van der Waals surface area contributed by atoms with Crippen molar-refractivity contribution in [2.75, 3.05) is 13.2 Å². The minimum absolute atomic E-state index is 0.514. The fourth-order valence-electron chi connectivity index (χ4n) is 1.41. The lowest BCUT2D eigenvalue weighted by Crippen LogP contribution is -2.10. The number of H-pyrrole nitrogens is 1. The summed E-state index contributed by atoms with van der Waals surface area (Å²) in [5, 5.41) is 0. The van der Waals surface area contributed by atoms with Crippen LogP contribution in [0.3, 0.4) is 0 Å². The van der Waals surface area contributed by atoms with E-state index < -0.39 is 0 Å². The van der Waals surface area contributed by atoms with Gasteiger partial charge in [0.1, 0.15) is 23.7 Å². The standard InChI is InChI=1S/C10H13N3O/c1-7-12-8-3-2-4-9(10(8)13-7)14-6-5-11/h2-4H,5-6,11H2,1H3,(H,12,13). The molecular formula is C10H13N3O. The van der Waals surface area contributed by atoms with Crippen molar-refractivity contribution in [3.8, 4) is 5.75 Å². The number of benzene rings is 1. The van der Waals surface area contributed by atoms with E-state index in [4.69, 9.17) is 10.5 Å². The molecular weight excluding hydrogens is 178 g/mol. The summed E-state index contributed by atoms with van der Waals surface area (Å²) in [7, 11) is 0. The second kappa shape index (κ2) is 3.67. The summed E-state index contributed by atoms with van der Waals surface area (Å²) in [6, 6.07) is 5.81. The van der Waals surface area contributed by atoms with Crippen molar-refractivity contribution in [3.63, 3.8) is 0 Å². The lowest BCUT2D eigenvalue weighted by atomic mass is 10.3. The zero-order valence-corrected chi connectivity index (χ0v) is 8.08. The summed E-state index contributed by atoms with van der Waals surface area (Å²) in [5.41, 5.74) is 7.24. The van der Waals surface area contributed by atoms with Crippen molar-refractivity contribution in [1.29, 1.82) is 0 Å². The molecule has 0 spiro atoms. The Kier molecular flexibility index (Phi) is 2.37. The predicted molar refractivity (Wildman–Crippen MR) is 55.4 cm³/mol. The Morgan fingerprint density at radius 2 is 2.36 bits per heavy atom. The van der Waals surface area contributed by atoms with Crippen LogP contribution in [0.15, 0.2) is 18.2 Å². The maximum atomic E-state index is 5.47. The molecule has 4 nitrogen and oxygen atoms in total. The molecule has 0 aliphatic rings. The summed E-state index contributed by atoms with van der Waals surface area (Å²) in [6.07, 6.45) is 0. The number of fused-ring (bicyclic) bond motifs is 1. The normalized spacial score (nSPS) is 10.7. The minimum atomic E-state index is 0.514. The van der Waals surface area contributed by atoms with Gasteiger partial charge in [-0.05, 0) is 19.1 Å². The van der Waals surface area contributed by atoms with Gasteiger partial charge in [-0.2, -0.15) is 0 Å². The summed E-state index contributed by atoms with van der Waals surface area (Å²) in [6.45, 7) is 2.96. The van der Waals surface area contributed by atoms with Crippen molar-refractivity contribution in [2.45, 2.75) is 6.92 Å². The average molecular weight is 191 g/mol. The smallest absolute Gasteiger partial charge is 0.147 e. The molecule has 0 fully saturated rings. The molecule has 0 aliphatic heterocycles. The van der Waals surface area contributed by atoms with Gasteiger partial charge in [0.05, 0.1) is 5.52 Å². The molecule has 0 radical (unpaired) electrons. The third kappa shape index (κ3) is 1.56. The molecule has 0 aliphatic carbocycles. The van der Waals surface area contributed by atoms with E-state index in [1.54, 1.807) is 0 Å². The van der Waals surface area contributed by atoms with E-state index in [1.165, 1.54) is 0 Å². The van der Waals surface area contributed by atoms with E-state index in [0.717, 1.165) is 22.6 Å². The van der Waals surface area contributed by atoms with Crippen molar-refractivity contribution >= 4 is 11.0 Å². The molecule has 0 saturated heterocycles. The largest absolute Gasteiger partial charge is 0.490 e. The van der Waals surface area contributed by atoms with Gasteiger partial charge in [0.15, 0.2) is 0 Å². The van der Waals surface area contributed by atoms with E-state index in [9.17, 15) is 0 Å². The molecule has 3 N–H and O–H groups in total. The number of nitrogens with one attached hydrogen (secondary N) is 1. The molecule has 4 heteroatoms. The number of aryl methyl sites for hydroxylation is 1. The summed E-state index contributed by atoms with van der Waals surface area (Å²) in [5.74, 6) is 1.68. The van der Waals surface area contributed by atoms with Gasteiger partial charge in [0.25, 0.3) is 0 Å². The first-order valence-corrected chi connectivity index (χ1v) is 4.59. The SMILES string of the molecule is Cc1nc2c(OCCN)cccc2[nH]1. The molecule has 0 amide bonds. The highest BCUT2D eigenvalue weighted by molar-refractivity contribution is 5.81. The number of ether oxygens (including phenoxy) is 1. The fraction of sp³-hybridized carbons (Fsp3) is 0.300. The van der Waals surface area contributed by atoms with Gasteiger partial charge in [-0.1, -0.05) is 6.07 Å². The molecule has 0 atom stereocenters. The van der Waals surface area contributed by atoms with E-state index in [-0.39, 0.29) is 0 Å². The molecule has 1 heterocycles. The number of imidazole rings is 1. The van der Waals surface area contributed by atoms with Crippen molar-refractivity contribution in [1.82, 2.24) is 9.97 Å². The van der Waals surface area contributed by atoms with Crippen LogP contribution in [-0.2, 0) is 0 Å². The van der Waals surface area contributed by atoms with Gasteiger partial charge in [-0.15, -0.1) is 0 Å². The van der Waals surface area contributed by atoms with E-state index in [0.29, 0.717) is 13.2 Å². The Morgan fingerprint density at radius 3 is 3.14 bits per heavy atom. The Hall–Kier alpha value is -1.55. The highest BCUT2D eigenvalue weighted by Crippen LogP contribution is 2.22. The molecule has 1 aromatic carbocycles. The lowest BCUT2D eigenvalue weighted by Gasteiger charge is -2.03. The molecule has 14 heavy (non-hydrogen) atoms. The lowest BCUT2D eigenvalue weighted by molar-refractivity contribution is 0.331. The van der Waals surface area contributed by atoms with Crippen molar-refractivity contribution in [3.05, 3.63) is 24.0 Å². The Morgan fingerprint density at radius 1 is 1.50 bits per heavy atom. The molecule has 2 rings (SSSR count). The van der Waals surface area contributed by atoms with Crippen molar-refractivity contribution in [2.24, 2.45) is 5.73 Å². The van der Waals surface area contributed by atoms with Crippen LogP contribution in [0.4, 0.5) is 0 Å². The van der Waals surface area contributed by atoms with Gasteiger partial charge in [0.2, 0.25) is 0 Å². The number of rotatable bonds is 3. The number of aromatic amines is 1. The number of hydrogen-bond acceptors (Lipinski definition) is 3. The molecule has 1 aromatic heterocycles. The second-order valence-electron chi connectivity index (χ2n) is 3.11. The number of nitrogens with two attached hydrogens (primary N) is 1. The van der Waals surface area contributed by atoms with Gasteiger partial charge in [0, 0.05) is 6.54 Å². The molecule has 0 bridgehead atoms. The van der Waals surface area contributed by atoms with Gasteiger partial charge in [-0.3, -0.25) is 0 Å².